The van der Waals surface area contributed by atoms with Crippen LogP contribution in [-0.2, 0) is 14.8 Å². The molecule has 0 saturated heterocycles. The summed E-state index contributed by atoms with van der Waals surface area (Å²) < 4.78 is 30.2. The Kier molecular flexibility index (Phi) is 5.31. The van der Waals surface area contributed by atoms with Crippen LogP contribution >= 0.6 is 0 Å². The predicted molar refractivity (Wildman–Crippen MR) is 76.1 cm³/mol. The maximum atomic E-state index is 12.1. The number of benzene rings is 1. The first-order valence-corrected chi connectivity index (χ1v) is 7.39. The van der Waals surface area contributed by atoms with Crippen LogP contribution in [0.1, 0.15) is 12.0 Å². The van der Waals surface area contributed by atoms with Crippen molar-refractivity contribution in [3.63, 3.8) is 0 Å². The molecule has 0 amide bonds. The highest BCUT2D eigenvalue weighted by molar-refractivity contribution is 7.92. The number of nitrogens with one attached hydrogen (secondary N) is 1. The van der Waals surface area contributed by atoms with Gasteiger partial charge in [0.1, 0.15) is 5.84 Å². The van der Waals surface area contributed by atoms with Crippen molar-refractivity contribution < 1.29 is 13.2 Å². The number of anilines is 1. The Morgan fingerprint density at radius 1 is 1.47 bits per heavy atom. The molecule has 7 heteroatoms. The Hall–Kier alpha value is -1.60. The van der Waals surface area contributed by atoms with E-state index < -0.39 is 10.0 Å². The summed E-state index contributed by atoms with van der Waals surface area (Å²) in [5.41, 5.74) is 6.38. The molecular formula is C12H19N3O3S. The third-order valence-electron chi connectivity index (χ3n) is 2.69. The number of nitrogen functional groups attached to an aromatic ring is 1. The summed E-state index contributed by atoms with van der Waals surface area (Å²) in [4.78, 5) is 0. The highest BCUT2D eigenvalue weighted by atomic mass is 32.2. The Bertz CT molecular complexity index is 543. The van der Waals surface area contributed by atoms with Gasteiger partial charge in [-0.3, -0.25) is 9.71 Å². The SMILES string of the molecule is COCCCS(=O)(=O)N(C)c1cccc(C(=N)N)c1. The third kappa shape index (κ3) is 4.22. The Morgan fingerprint density at radius 3 is 2.74 bits per heavy atom. The van der Waals surface area contributed by atoms with Crippen molar-refractivity contribution in [1.29, 1.82) is 5.41 Å². The molecule has 0 saturated carbocycles. The third-order valence-corrected chi connectivity index (χ3v) is 4.54. The number of amidine groups is 1. The molecule has 6 nitrogen and oxygen atoms in total. The minimum Gasteiger partial charge on any atom is -0.385 e. The minimum absolute atomic E-state index is 0.0155. The zero-order chi connectivity index (χ0) is 14.5. The van der Waals surface area contributed by atoms with Crippen molar-refractivity contribution in [1.82, 2.24) is 0 Å². The van der Waals surface area contributed by atoms with E-state index in [2.05, 4.69) is 0 Å². The fourth-order valence-electron chi connectivity index (χ4n) is 1.55. The molecule has 1 rings (SSSR count). The highest BCUT2D eigenvalue weighted by Crippen LogP contribution is 2.18. The Balaban J connectivity index is 2.90. The van der Waals surface area contributed by atoms with E-state index in [0.717, 1.165) is 0 Å². The van der Waals surface area contributed by atoms with Gasteiger partial charge in [0.25, 0.3) is 0 Å². The van der Waals surface area contributed by atoms with Gasteiger partial charge in [0.05, 0.1) is 11.4 Å². The van der Waals surface area contributed by atoms with Crippen LogP contribution in [0.3, 0.4) is 0 Å². The van der Waals surface area contributed by atoms with Crippen LogP contribution < -0.4 is 10.0 Å². The van der Waals surface area contributed by atoms with Gasteiger partial charge in [0.2, 0.25) is 10.0 Å². The number of nitrogens with two attached hydrogens (primary N) is 1. The number of hydrogen-bond acceptors (Lipinski definition) is 4. The van der Waals surface area contributed by atoms with Crippen molar-refractivity contribution in [3.05, 3.63) is 29.8 Å². The second-order valence-electron chi connectivity index (χ2n) is 4.09. The van der Waals surface area contributed by atoms with Gasteiger partial charge in [-0.05, 0) is 18.6 Å². The normalized spacial score (nSPS) is 11.3. The summed E-state index contributed by atoms with van der Waals surface area (Å²) in [5.74, 6) is -0.0752. The average molecular weight is 285 g/mol. The zero-order valence-corrected chi connectivity index (χ0v) is 11.9. The quantitative estimate of drug-likeness (QED) is 0.439. The molecule has 3 N–H and O–H groups in total. The monoisotopic (exact) mass is 285 g/mol. The maximum Gasteiger partial charge on any atom is 0.234 e. The summed E-state index contributed by atoms with van der Waals surface area (Å²) in [6.45, 7) is 0.403. The maximum absolute atomic E-state index is 12.1. The van der Waals surface area contributed by atoms with Crippen LogP contribution in [-0.4, -0.2) is 40.8 Å². The molecule has 0 spiro atoms. The molecule has 1 aromatic carbocycles. The zero-order valence-electron chi connectivity index (χ0n) is 11.1. The molecule has 0 aromatic heterocycles. The summed E-state index contributed by atoms with van der Waals surface area (Å²) in [7, 11) is -0.364. The second-order valence-corrected chi connectivity index (χ2v) is 6.21. The molecule has 0 aliphatic heterocycles. The standard InChI is InChI=1S/C12H19N3O3S/c1-15(19(16,17)8-4-7-18-2)11-6-3-5-10(9-11)12(13)14/h3,5-6,9H,4,7-8H2,1-2H3,(H3,13,14). The van der Waals surface area contributed by atoms with Gasteiger partial charge in [-0.25, -0.2) is 8.42 Å². The molecule has 0 bridgehead atoms. The van der Waals surface area contributed by atoms with Crippen LogP contribution in [0.15, 0.2) is 24.3 Å². The van der Waals surface area contributed by atoms with Gasteiger partial charge in [-0.1, -0.05) is 12.1 Å². The first kappa shape index (κ1) is 15.5. The van der Waals surface area contributed by atoms with Crippen molar-refractivity contribution in [3.8, 4) is 0 Å². The van der Waals surface area contributed by atoms with E-state index in [1.54, 1.807) is 24.3 Å². The van der Waals surface area contributed by atoms with E-state index in [-0.39, 0.29) is 11.6 Å². The fourth-order valence-corrected chi connectivity index (χ4v) is 2.74. The molecule has 0 heterocycles. The van der Waals surface area contributed by atoms with Crippen molar-refractivity contribution in [2.75, 3.05) is 30.8 Å². The van der Waals surface area contributed by atoms with Crippen LogP contribution in [0.25, 0.3) is 0 Å². The van der Waals surface area contributed by atoms with Crippen LogP contribution in [0.5, 0.6) is 0 Å². The summed E-state index contributed by atoms with van der Waals surface area (Å²) in [6.07, 6.45) is 0.440. The predicted octanol–water partition coefficient (Wildman–Crippen LogP) is 0.773. The minimum atomic E-state index is -3.39. The Morgan fingerprint density at radius 2 is 2.16 bits per heavy atom. The summed E-state index contributed by atoms with van der Waals surface area (Å²) in [6, 6.07) is 6.58. The van der Waals surface area contributed by atoms with Crippen molar-refractivity contribution >= 4 is 21.5 Å². The number of methoxy groups -OCH3 is 1. The molecule has 0 unspecified atom stereocenters. The van der Waals surface area contributed by atoms with Gasteiger partial charge in [0.15, 0.2) is 0 Å². The molecule has 0 atom stereocenters. The van der Waals surface area contributed by atoms with E-state index in [1.165, 1.54) is 18.5 Å². The second kappa shape index (κ2) is 6.53. The van der Waals surface area contributed by atoms with Crippen LogP contribution in [0, 0.1) is 5.41 Å². The van der Waals surface area contributed by atoms with Gasteiger partial charge in [-0.2, -0.15) is 0 Å². The lowest BCUT2D eigenvalue weighted by Gasteiger charge is -2.20. The van der Waals surface area contributed by atoms with E-state index in [1.807, 2.05) is 0 Å². The Labute approximate surface area is 113 Å². The molecule has 1 aromatic rings. The molecule has 106 valence electrons. The smallest absolute Gasteiger partial charge is 0.234 e. The largest absolute Gasteiger partial charge is 0.385 e. The topological polar surface area (TPSA) is 96.5 Å². The highest BCUT2D eigenvalue weighted by Gasteiger charge is 2.18. The fraction of sp³-hybridized carbons (Fsp3) is 0.417. The molecular weight excluding hydrogens is 266 g/mol. The lowest BCUT2D eigenvalue weighted by atomic mass is 10.2. The first-order valence-electron chi connectivity index (χ1n) is 5.78. The number of ether oxygens (including phenoxy) is 1. The van der Waals surface area contributed by atoms with Crippen LogP contribution in [0.2, 0.25) is 0 Å². The molecule has 0 radical (unpaired) electrons. The van der Waals surface area contributed by atoms with Gasteiger partial charge < -0.3 is 10.5 Å². The first-order chi connectivity index (χ1) is 8.88. The molecule has 0 aliphatic carbocycles. The summed E-state index contributed by atoms with van der Waals surface area (Å²) >= 11 is 0. The van der Waals surface area contributed by atoms with Gasteiger partial charge in [-0.15, -0.1) is 0 Å². The van der Waals surface area contributed by atoms with Crippen molar-refractivity contribution in [2.45, 2.75) is 6.42 Å². The number of sulfonamides is 1. The van der Waals surface area contributed by atoms with Crippen molar-refractivity contribution in [2.24, 2.45) is 5.73 Å². The van der Waals surface area contributed by atoms with E-state index in [9.17, 15) is 8.42 Å². The number of hydrogen-bond donors (Lipinski definition) is 2. The van der Waals surface area contributed by atoms with E-state index in [0.29, 0.717) is 24.3 Å². The van der Waals surface area contributed by atoms with E-state index in [4.69, 9.17) is 15.9 Å². The average Bonchev–Trinajstić information content (AvgIpc) is 2.38. The molecule has 0 fully saturated rings. The molecule has 0 aliphatic rings. The van der Waals surface area contributed by atoms with Gasteiger partial charge >= 0.3 is 0 Å². The van der Waals surface area contributed by atoms with Gasteiger partial charge in [0, 0.05) is 26.3 Å². The van der Waals surface area contributed by atoms with E-state index >= 15 is 0 Å². The number of nitrogens with zero attached hydrogens (tertiary/aromatic N) is 1. The van der Waals surface area contributed by atoms with Crippen LogP contribution in [0.4, 0.5) is 5.69 Å². The lowest BCUT2D eigenvalue weighted by Crippen LogP contribution is -2.29. The lowest BCUT2D eigenvalue weighted by molar-refractivity contribution is 0.199. The number of rotatable bonds is 7. The molecule has 19 heavy (non-hydrogen) atoms. The summed E-state index contributed by atoms with van der Waals surface area (Å²) in [5, 5.41) is 7.36.